The molecule has 1 amide bonds. The van der Waals surface area contributed by atoms with Crippen LogP contribution in [0.3, 0.4) is 0 Å². The number of nitrogens with zero attached hydrogens (tertiary/aromatic N) is 3. The molecule has 0 saturated carbocycles. The van der Waals surface area contributed by atoms with Crippen LogP contribution >= 0.6 is 0 Å². The normalized spacial score (nSPS) is 15.6. The maximum absolute atomic E-state index is 13.4. The number of halogens is 1. The lowest BCUT2D eigenvalue weighted by Crippen LogP contribution is -2.31. The maximum atomic E-state index is 13.4. The van der Waals surface area contributed by atoms with Crippen LogP contribution in [0, 0.1) is 17.1 Å². The number of rotatable bonds is 5. The van der Waals surface area contributed by atoms with Crippen molar-refractivity contribution in [2.75, 3.05) is 6.61 Å². The molecule has 1 atom stereocenters. The molecular formula is C22H17FN4O2. The monoisotopic (exact) mass is 388 g/mol. The Hall–Kier alpha value is -3.79. The number of amides is 1. The van der Waals surface area contributed by atoms with Crippen molar-refractivity contribution in [3.05, 3.63) is 66.1 Å². The van der Waals surface area contributed by atoms with Gasteiger partial charge in [0.05, 0.1) is 17.4 Å². The van der Waals surface area contributed by atoms with Crippen LogP contribution < -0.4 is 10.1 Å². The molecule has 0 bridgehead atoms. The number of hydrogen-bond donors (Lipinski definition) is 1. The molecule has 1 N–H and O–H groups in total. The van der Waals surface area contributed by atoms with E-state index in [1.54, 1.807) is 30.5 Å². The molecule has 7 heteroatoms. The molecule has 1 fully saturated rings. The van der Waals surface area contributed by atoms with E-state index in [9.17, 15) is 14.4 Å². The van der Waals surface area contributed by atoms with Gasteiger partial charge in [0.1, 0.15) is 24.1 Å². The molecule has 4 rings (SSSR count). The number of carbonyl (C=O) groups is 1. The predicted octanol–water partition coefficient (Wildman–Crippen LogP) is 3.48. The van der Waals surface area contributed by atoms with Gasteiger partial charge in [0.15, 0.2) is 0 Å². The molecule has 3 heterocycles. The zero-order chi connectivity index (χ0) is 20.2. The van der Waals surface area contributed by atoms with Crippen LogP contribution in [-0.4, -0.2) is 28.5 Å². The number of hydrogen-bond acceptors (Lipinski definition) is 5. The van der Waals surface area contributed by atoms with Crippen molar-refractivity contribution in [3.8, 4) is 34.5 Å². The highest BCUT2D eigenvalue weighted by Gasteiger charge is 2.23. The molecule has 29 heavy (non-hydrogen) atoms. The van der Waals surface area contributed by atoms with Crippen LogP contribution in [-0.2, 0) is 4.79 Å². The van der Waals surface area contributed by atoms with Crippen LogP contribution in [0.25, 0.3) is 22.5 Å². The third-order valence-corrected chi connectivity index (χ3v) is 4.69. The van der Waals surface area contributed by atoms with Crippen molar-refractivity contribution in [1.82, 2.24) is 15.3 Å². The maximum Gasteiger partial charge on any atom is 0.233 e. The van der Waals surface area contributed by atoms with Crippen molar-refractivity contribution in [3.63, 3.8) is 0 Å². The van der Waals surface area contributed by atoms with Crippen LogP contribution in [0.2, 0.25) is 0 Å². The van der Waals surface area contributed by atoms with E-state index in [4.69, 9.17) is 4.74 Å². The first kappa shape index (κ1) is 18.6. The van der Waals surface area contributed by atoms with E-state index in [1.807, 2.05) is 12.1 Å². The third kappa shape index (κ3) is 4.06. The van der Waals surface area contributed by atoms with E-state index in [0.29, 0.717) is 35.4 Å². The second-order valence-corrected chi connectivity index (χ2v) is 6.68. The summed E-state index contributed by atoms with van der Waals surface area (Å²) in [5.74, 6) is -0.211. The molecule has 2 aromatic heterocycles. The van der Waals surface area contributed by atoms with E-state index < -0.39 is 0 Å². The molecule has 1 saturated heterocycles. The van der Waals surface area contributed by atoms with Crippen LogP contribution in [0.4, 0.5) is 4.39 Å². The number of ether oxygens (including phenoxy) is 1. The highest BCUT2D eigenvalue weighted by molar-refractivity contribution is 5.78. The van der Waals surface area contributed by atoms with E-state index in [0.717, 1.165) is 0 Å². The molecule has 3 aromatic rings. The second-order valence-electron chi connectivity index (χ2n) is 6.68. The van der Waals surface area contributed by atoms with Crippen molar-refractivity contribution in [2.45, 2.75) is 18.9 Å². The summed E-state index contributed by atoms with van der Waals surface area (Å²) in [7, 11) is 0. The first-order chi connectivity index (χ1) is 14.1. The molecule has 1 aliphatic rings. The highest BCUT2D eigenvalue weighted by Crippen LogP contribution is 2.33. The van der Waals surface area contributed by atoms with E-state index in [-0.39, 0.29) is 35.8 Å². The number of carbonyl (C=O) groups excluding carboxylic acids is 1. The van der Waals surface area contributed by atoms with Gasteiger partial charge < -0.3 is 10.1 Å². The van der Waals surface area contributed by atoms with Gasteiger partial charge in [-0.2, -0.15) is 5.26 Å². The summed E-state index contributed by atoms with van der Waals surface area (Å²) in [6.45, 7) is 0.210. The van der Waals surface area contributed by atoms with Crippen LogP contribution in [0.1, 0.15) is 18.4 Å². The first-order valence-corrected chi connectivity index (χ1v) is 9.18. The van der Waals surface area contributed by atoms with Crippen molar-refractivity contribution >= 4 is 5.91 Å². The largest absolute Gasteiger partial charge is 0.475 e. The summed E-state index contributed by atoms with van der Waals surface area (Å²) in [6, 6.07) is 15.1. The highest BCUT2D eigenvalue weighted by atomic mass is 19.1. The Bertz CT molecular complexity index is 1080. The fraction of sp³-hybridized carbons (Fsp3) is 0.182. The van der Waals surface area contributed by atoms with Crippen molar-refractivity contribution in [1.29, 1.82) is 5.26 Å². The molecule has 0 radical (unpaired) electrons. The van der Waals surface area contributed by atoms with E-state index in [1.165, 1.54) is 12.1 Å². The molecule has 1 aliphatic heterocycles. The van der Waals surface area contributed by atoms with Gasteiger partial charge in [0, 0.05) is 18.2 Å². The Kier molecular flexibility index (Phi) is 5.16. The average Bonchev–Trinajstić information content (AvgIpc) is 3.18. The van der Waals surface area contributed by atoms with Gasteiger partial charge >= 0.3 is 0 Å². The van der Waals surface area contributed by atoms with Gasteiger partial charge in [0.2, 0.25) is 11.8 Å². The molecule has 1 aromatic carbocycles. The Morgan fingerprint density at radius 1 is 1.21 bits per heavy atom. The van der Waals surface area contributed by atoms with Gasteiger partial charge in [-0.1, -0.05) is 18.2 Å². The topological polar surface area (TPSA) is 87.9 Å². The molecule has 6 nitrogen and oxygen atoms in total. The van der Waals surface area contributed by atoms with Gasteiger partial charge in [-0.25, -0.2) is 9.37 Å². The minimum absolute atomic E-state index is 0.0127. The third-order valence-electron chi connectivity index (χ3n) is 4.69. The Morgan fingerprint density at radius 3 is 2.69 bits per heavy atom. The summed E-state index contributed by atoms with van der Waals surface area (Å²) in [6.07, 6.45) is 2.79. The Morgan fingerprint density at radius 2 is 2.03 bits per heavy atom. The fourth-order valence-electron chi connectivity index (χ4n) is 3.22. The summed E-state index contributed by atoms with van der Waals surface area (Å²) in [5, 5.41) is 12.6. The van der Waals surface area contributed by atoms with E-state index in [2.05, 4.69) is 21.4 Å². The lowest BCUT2D eigenvalue weighted by Gasteiger charge is -2.15. The summed E-state index contributed by atoms with van der Waals surface area (Å²) in [5.41, 5.74) is 2.66. The molecule has 0 aliphatic carbocycles. The lowest BCUT2D eigenvalue weighted by molar-refractivity contribution is -0.119. The molecule has 0 spiro atoms. The van der Waals surface area contributed by atoms with Gasteiger partial charge in [-0.3, -0.25) is 9.78 Å². The summed E-state index contributed by atoms with van der Waals surface area (Å²) >= 11 is 0. The Labute approximate surface area is 167 Å². The molecule has 0 unspecified atom stereocenters. The second kappa shape index (κ2) is 8.07. The van der Waals surface area contributed by atoms with Crippen molar-refractivity contribution < 1.29 is 13.9 Å². The van der Waals surface area contributed by atoms with E-state index >= 15 is 0 Å². The minimum Gasteiger partial charge on any atom is -0.475 e. The molecule has 144 valence electrons. The predicted molar refractivity (Wildman–Crippen MR) is 104 cm³/mol. The van der Waals surface area contributed by atoms with Crippen LogP contribution in [0.15, 0.2) is 54.7 Å². The number of benzene rings is 1. The quantitative estimate of drug-likeness (QED) is 0.723. The molecular weight excluding hydrogens is 371 g/mol. The number of nitriles is 1. The zero-order valence-electron chi connectivity index (χ0n) is 15.4. The van der Waals surface area contributed by atoms with Gasteiger partial charge in [0.25, 0.3) is 0 Å². The number of aromatic nitrogens is 2. The first-order valence-electron chi connectivity index (χ1n) is 9.18. The standard InChI is InChI=1S/C22H17FN4O2/c23-15-6-4-14(5-7-15)17-11-20(19-3-1-2-10-25-19)27-22(18(17)12-24)29-13-16-8-9-21(28)26-16/h1-7,10-11,16H,8-9,13H2,(H,26,28)/t16-/m0/s1. The van der Waals surface area contributed by atoms with Crippen LogP contribution in [0.5, 0.6) is 5.88 Å². The van der Waals surface area contributed by atoms with Gasteiger partial charge in [-0.05, 0) is 42.3 Å². The average molecular weight is 388 g/mol. The lowest BCUT2D eigenvalue weighted by atomic mass is 10.00. The fourth-order valence-corrected chi connectivity index (χ4v) is 3.22. The summed E-state index contributed by atoms with van der Waals surface area (Å²) < 4.78 is 19.2. The minimum atomic E-state index is -0.361. The smallest absolute Gasteiger partial charge is 0.233 e. The Balaban J connectivity index is 1.77. The SMILES string of the molecule is N#Cc1c(-c2ccc(F)cc2)cc(-c2ccccn2)nc1OC[C@@H]1CCC(=O)N1. The van der Waals surface area contributed by atoms with Gasteiger partial charge in [-0.15, -0.1) is 0 Å². The zero-order valence-corrected chi connectivity index (χ0v) is 15.4. The number of nitrogens with one attached hydrogen (secondary N) is 1. The number of pyridine rings is 2. The summed E-state index contributed by atoms with van der Waals surface area (Å²) in [4.78, 5) is 20.2. The van der Waals surface area contributed by atoms with Crippen molar-refractivity contribution in [2.24, 2.45) is 0 Å².